The Labute approximate surface area is 76.0 Å². The van der Waals surface area contributed by atoms with Gasteiger partial charge in [0.2, 0.25) is 0 Å². The van der Waals surface area contributed by atoms with Gasteiger partial charge in [0.25, 0.3) is 0 Å². The molecule has 0 aromatic heterocycles. The summed E-state index contributed by atoms with van der Waals surface area (Å²) in [4.78, 5) is 11.1. The fourth-order valence-electron chi connectivity index (χ4n) is 0.842. The Morgan fingerprint density at radius 3 is 2.33 bits per heavy atom. The second kappa shape index (κ2) is 2.59. The maximum atomic E-state index is 12.8. The smallest absolute Gasteiger partial charge is 0.314 e. The van der Waals surface area contributed by atoms with E-state index >= 15 is 0 Å². The molecule has 0 N–H and O–H groups in total. The number of esters is 1. The molecular weight excluding hydrogens is 183 g/mol. The molecule has 1 rings (SSSR count). The Morgan fingerprint density at radius 1 is 1.67 bits per heavy atom. The second-order valence-corrected chi connectivity index (χ2v) is 4.68. The molecule has 0 amide bonds. The van der Waals surface area contributed by atoms with Gasteiger partial charge in [-0.05, 0) is 20.8 Å². The lowest BCUT2D eigenvalue weighted by molar-refractivity contribution is -0.157. The van der Waals surface area contributed by atoms with Crippen LogP contribution in [0.25, 0.3) is 0 Å². The molecule has 0 aromatic rings. The number of carbonyl (C=O) groups excluding carboxylic acids is 1. The molecule has 1 aliphatic rings. The molecule has 0 radical (unpaired) electrons. The van der Waals surface area contributed by atoms with Crippen LogP contribution < -0.4 is 0 Å². The molecule has 12 heavy (non-hydrogen) atoms. The van der Waals surface area contributed by atoms with E-state index in [1.54, 1.807) is 20.8 Å². The SMILES string of the molecule is CC(C)(C)OC(=O)[C@@H]1CC1(F)Cl. The van der Waals surface area contributed by atoms with Crippen LogP contribution in [0.3, 0.4) is 0 Å². The zero-order chi connectivity index (χ0) is 9.57. The summed E-state index contributed by atoms with van der Waals surface area (Å²) in [7, 11) is 0. The minimum atomic E-state index is -1.84. The lowest BCUT2D eigenvalue weighted by Gasteiger charge is -2.19. The number of hydrogen-bond donors (Lipinski definition) is 0. The van der Waals surface area contributed by atoms with Crippen molar-refractivity contribution in [2.45, 2.75) is 37.9 Å². The Kier molecular flexibility index (Phi) is 2.11. The van der Waals surface area contributed by atoms with Crippen LogP contribution in [0.4, 0.5) is 4.39 Å². The third kappa shape index (κ3) is 2.34. The van der Waals surface area contributed by atoms with Crippen molar-refractivity contribution >= 4 is 17.6 Å². The van der Waals surface area contributed by atoms with Gasteiger partial charge in [0.05, 0.1) is 0 Å². The molecule has 0 spiro atoms. The van der Waals surface area contributed by atoms with Crippen LogP contribution in [0, 0.1) is 5.92 Å². The average molecular weight is 195 g/mol. The van der Waals surface area contributed by atoms with Crippen molar-refractivity contribution in [3.8, 4) is 0 Å². The number of carbonyl (C=O) groups is 1. The zero-order valence-electron chi connectivity index (χ0n) is 7.36. The molecule has 0 saturated heterocycles. The zero-order valence-corrected chi connectivity index (χ0v) is 8.11. The first-order valence-electron chi connectivity index (χ1n) is 3.83. The summed E-state index contributed by atoms with van der Waals surface area (Å²) < 4.78 is 17.7. The van der Waals surface area contributed by atoms with Crippen molar-refractivity contribution in [3.05, 3.63) is 0 Å². The molecule has 0 aromatic carbocycles. The normalized spacial score (nSPS) is 34.6. The Hall–Kier alpha value is -0.310. The first-order chi connectivity index (χ1) is 5.22. The van der Waals surface area contributed by atoms with E-state index in [2.05, 4.69) is 0 Å². The molecule has 1 unspecified atom stereocenters. The topological polar surface area (TPSA) is 26.3 Å². The Bertz CT molecular complexity index is 208. The average Bonchev–Trinajstić information content (AvgIpc) is 2.35. The molecule has 4 heteroatoms. The van der Waals surface area contributed by atoms with E-state index < -0.39 is 22.6 Å². The molecule has 0 heterocycles. The van der Waals surface area contributed by atoms with Gasteiger partial charge in [-0.1, -0.05) is 11.6 Å². The van der Waals surface area contributed by atoms with Crippen molar-refractivity contribution in [2.24, 2.45) is 5.92 Å². The van der Waals surface area contributed by atoms with Gasteiger partial charge in [0.1, 0.15) is 11.5 Å². The van der Waals surface area contributed by atoms with Crippen molar-refractivity contribution in [1.29, 1.82) is 0 Å². The van der Waals surface area contributed by atoms with Gasteiger partial charge < -0.3 is 4.74 Å². The quantitative estimate of drug-likeness (QED) is 0.473. The van der Waals surface area contributed by atoms with Crippen molar-refractivity contribution in [2.75, 3.05) is 0 Å². The molecular formula is C8H12ClFO2. The minimum absolute atomic E-state index is 0.0729. The number of halogens is 2. The van der Waals surface area contributed by atoms with Gasteiger partial charge >= 0.3 is 5.97 Å². The minimum Gasteiger partial charge on any atom is -0.460 e. The predicted octanol–water partition coefficient (Wildman–Crippen LogP) is 2.25. The molecule has 0 bridgehead atoms. The molecule has 2 atom stereocenters. The molecule has 0 aliphatic heterocycles. The van der Waals surface area contributed by atoms with Gasteiger partial charge in [-0.3, -0.25) is 4.79 Å². The van der Waals surface area contributed by atoms with E-state index in [-0.39, 0.29) is 6.42 Å². The van der Waals surface area contributed by atoms with Crippen LogP contribution >= 0.6 is 11.6 Å². The van der Waals surface area contributed by atoms with Gasteiger partial charge in [0.15, 0.2) is 5.13 Å². The number of hydrogen-bond acceptors (Lipinski definition) is 2. The lowest BCUT2D eigenvalue weighted by Crippen LogP contribution is -2.26. The van der Waals surface area contributed by atoms with Gasteiger partial charge in [-0.15, -0.1) is 0 Å². The maximum Gasteiger partial charge on any atom is 0.314 e. The fraction of sp³-hybridized carbons (Fsp3) is 0.875. The van der Waals surface area contributed by atoms with Gasteiger partial charge in [-0.25, -0.2) is 4.39 Å². The van der Waals surface area contributed by atoms with Crippen molar-refractivity contribution < 1.29 is 13.9 Å². The third-order valence-electron chi connectivity index (χ3n) is 1.52. The monoisotopic (exact) mass is 194 g/mol. The second-order valence-electron chi connectivity index (χ2n) is 4.05. The number of rotatable bonds is 1. The first kappa shape index (κ1) is 9.78. The van der Waals surface area contributed by atoms with Crippen LogP contribution in [0.1, 0.15) is 27.2 Å². The highest BCUT2D eigenvalue weighted by atomic mass is 35.5. The van der Waals surface area contributed by atoms with E-state index in [0.717, 1.165) is 0 Å². The summed E-state index contributed by atoms with van der Waals surface area (Å²) in [5.74, 6) is -1.31. The van der Waals surface area contributed by atoms with E-state index in [1.807, 2.05) is 0 Å². The first-order valence-corrected chi connectivity index (χ1v) is 4.21. The Balaban J connectivity index is 2.42. The third-order valence-corrected chi connectivity index (χ3v) is 1.93. The summed E-state index contributed by atoms with van der Waals surface area (Å²) in [6.45, 7) is 5.21. The maximum absolute atomic E-state index is 12.8. The van der Waals surface area contributed by atoms with E-state index in [9.17, 15) is 9.18 Å². The van der Waals surface area contributed by atoms with Gasteiger partial charge in [-0.2, -0.15) is 0 Å². The highest BCUT2D eigenvalue weighted by Crippen LogP contribution is 2.51. The molecule has 2 nitrogen and oxygen atoms in total. The highest BCUT2D eigenvalue weighted by molar-refractivity contribution is 6.26. The summed E-state index contributed by atoms with van der Waals surface area (Å²) in [5, 5.41) is -1.84. The lowest BCUT2D eigenvalue weighted by atomic mass is 10.2. The number of ether oxygens (including phenoxy) is 1. The molecule has 1 saturated carbocycles. The summed E-state index contributed by atoms with van der Waals surface area (Å²) >= 11 is 5.26. The van der Waals surface area contributed by atoms with Crippen LogP contribution in [-0.2, 0) is 9.53 Å². The van der Waals surface area contributed by atoms with Crippen LogP contribution in [-0.4, -0.2) is 16.7 Å². The molecule has 1 fully saturated rings. The predicted molar refractivity (Wildman–Crippen MR) is 43.6 cm³/mol. The van der Waals surface area contributed by atoms with Gasteiger partial charge in [0, 0.05) is 6.42 Å². The van der Waals surface area contributed by atoms with Crippen molar-refractivity contribution in [1.82, 2.24) is 0 Å². The van der Waals surface area contributed by atoms with E-state index in [0.29, 0.717) is 0 Å². The van der Waals surface area contributed by atoms with Crippen LogP contribution in [0.15, 0.2) is 0 Å². The highest BCUT2D eigenvalue weighted by Gasteiger charge is 2.60. The summed E-state index contributed by atoms with van der Waals surface area (Å²) in [6.07, 6.45) is 0.0729. The molecule has 1 aliphatic carbocycles. The van der Waals surface area contributed by atoms with Crippen molar-refractivity contribution in [3.63, 3.8) is 0 Å². The largest absolute Gasteiger partial charge is 0.460 e. The summed E-state index contributed by atoms with van der Waals surface area (Å²) in [5.41, 5.74) is -0.563. The van der Waals surface area contributed by atoms with Crippen LogP contribution in [0.5, 0.6) is 0 Å². The number of alkyl halides is 2. The van der Waals surface area contributed by atoms with Crippen LogP contribution in [0.2, 0.25) is 0 Å². The van der Waals surface area contributed by atoms with E-state index in [1.165, 1.54) is 0 Å². The fourth-order valence-corrected chi connectivity index (χ4v) is 1.09. The van der Waals surface area contributed by atoms with E-state index in [4.69, 9.17) is 16.3 Å². The summed E-state index contributed by atoms with van der Waals surface area (Å²) in [6, 6.07) is 0. The standard InChI is InChI=1S/C8H12ClFO2/c1-7(2,3)12-6(11)5-4-8(5,9)10/h5H,4H2,1-3H3/t5-,8?/m0/s1. The molecule has 70 valence electrons. The Morgan fingerprint density at radius 2 is 2.08 bits per heavy atom.